The molecule has 0 fully saturated rings. The van der Waals surface area contributed by atoms with Crippen LogP contribution in [0.15, 0.2) is 35.3 Å². The molecule has 0 radical (unpaired) electrons. The largest absolute Gasteiger partial charge is 0.465 e. The molecule has 4 heteroatoms. The number of nitrogens with zero attached hydrogens (tertiary/aromatic N) is 2. The molecule has 0 N–H and O–H groups in total. The Morgan fingerprint density at radius 1 is 1.23 bits per heavy atom. The number of hydrogen-bond acceptors (Lipinski definition) is 4. The van der Waals surface area contributed by atoms with Gasteiger partial charge in [0, 0.05) is 24.0 Å². The maximum absolute atomic E-state index is 11.9. The summed E-state index contributed by atoms with van der Waals surface area (Å²) in [6.07, 6.45) is 4.20. The zero-order chi connectivity index (χ0) is 22.1. The van der Waals surface area contributed by atoms with Crippen molar-refractivity contribution >= 4 is 23.6 Å². The number of benzene rings is 2. The maximum atomic E-state index is 11.9. The molecule has 3 rings (SSSR count). The fraction of sp³-hybridized carbons (Fsp3) is 0.462. The molecule has 30 heavy (non-hydrogen) atoms. The average molecular weight is 407 g/mol. The lowest BCUT2D eigenvalue weighted by atomic mass is 9.79. The van der Waals surface area contributed by atoms with Crippen molar-refractivity contribution in [3.8, 4) is 0 Å². The smallest absolute Gasteiger partial charge is 0.337 e. The van der Waals surface area contributed by atoms with E-state index in [-0.39, 0.29) is 11.5 Å². The highest BCUT2D eigenvalue weighted by Crippen LogP contribution is 2.44. The van der Waals surface area contributed by atoms with Crippen molar-refractivity contribution in [2.75, 3.05) is 18.6 Å². The Morgan fingerprint density at radius 3 is 2.63 bits per heavy atom. The Bertz CT molecular complexity index is 975. The standard InChI is InChI=1S/C26H34N2O2/c1-8-11-28-24-12-18(3)21(13-22(24)19(4)15-26(28,5)6)16-27-23-14-20(25(29)30-7)10-9-17(23)2/h9-10,12-14,16,19H,8,11,15H2,1-7H3. The van der Waals surface area contributed by atoms with Gasteiger partial charge in [0.1, 0.15) is 0 Å². The highest BCUT2D eigenvalue weighted by atomic mass is 16.5. The van der Waals surface area contributed by atoms with E-state index in [1.165, 1.54) is 23.9 Å². The van der Waals surface area contributed by atoms with Crippen molar-refractivity contribution in [3.05, 3.63) is 58.1 Å². The van der Waals surface area contributed by atoms with Gasteiger partial charge in [-0.1, -0.05) is 19.9 Å². The molecule has 0 bridgehead atoms. The van der Waals surface area contributed by atoms with E-state index in [4.69, 9.17) is 9.73 Å². The number of anilines is 1. The average Bonchev–Trinajstić information content (AvgIpc) is 2.70. The second kappa shape index (κ2) is 8.63. The van der Waals surface area contributed by atoms with Crippen LogP contribution in [-0.4, -0.2) is 31.4 Å². The van der Waals surface area contributed by atoms with E-state index in [2.05, 4.69) is 51.7 Å². The number of esters is 1. The van der Waals surface area contributed by atoms with Gasteiger partial charge in [-0.2, -0.15) is 0 Å². The second-order valence-corrected chi connectivity index (χ2v) is 9.09. The van der Waals surface area contributed by atoms with Crippen LogP contribution < -0.4 is 4.90 Å². The molecule has 1 aliphatic heterocycles. The van der Waals surface area contributed by atoms with E-state index in [1.807, 2.05) is 19.2 Å². The zero-order valence-electron chi connectivity index (χ0n) is 19.4. The van der Waals surface area contributed by atoms with Gasteiger partial charge >= 0.3 is 5.97 Å². The Hall–Kier alpha value is -2.62. The first-order chi connectivity index (χ1) is 14.2. The van der Waals surface area contributed by atoms with Crippen molar-refractivity contribution in [2.45, 2.75) is 65.8 Å². The van der Waals surface area contributed by atoms with Gasteiger partial charge in [-0.25, -0.2) is 4.79 Å². The molecule has 0 amide bonds. The van der Waals surface area contributed by atoms with Crippen LogP contribution in [0.1, 0.15) is 79.1 Å². The molecule has 4 nitrogen and oxygen atoms in total. The molecule has 0 saturated heterocycles. The van der Waals surface area contributed by atoms with Crippen molar-refractivity contribution in [1.82, 2.24) is 0 Å². The number of carbonyl (C=O) groups excluding carboxylic acids is 1. The minimum atomic E-state index is -0.344. The lowest BCUT2D eigenvalue weighted by Gasteiger charge is -2.48. The molecule has 160 valence electrons. The monoisotopic (exact) mass is 406 g/mol. The van der Waals surface area contributed by atoms with E-state index < -0.39 is 0 Å². The molecule has 0 aromatic heterocycles. The van der Waals surface area contributed by atoms with E-state index in [0.717, 1.165) is 36.2 Å². The summed E-state index contributed by atoms with van der Waals surface area (Å²) in [7, 11) is 1.39. The summed E-state index contributed by atoms with van der Waals surface area (Å²) in [6, 6.07) is 10.1. The van der Waals surface area contributed by atoms with Crippen molar-refractivity contribution < 1.29 is 9.53 Å². The molecule has 0 spiro atoms. The van der Waals surface area contributed by atoms with Gasteiger partial charge in [0.15, 0.2) is 0 Å². The number of aryl methyl sites for hydroxylation is 2. The highest BCUT2D eigenvalue weighted by Gasteiger charge is 2.36. The molecule has 2 aromatic carbocycles. The van der Waals surface area contributed by atoms with Gasteiger partial charge in [0.2, 0.25) is 0 Å². The van der Waals surface area contributed by atoms with Gasteiger partial charge in [-0.15, -0.1) is 0 Å². The Kier molecular flexibility index (Phi) is 6.35. The highest BCUT2D eigenvalue weighted by molar-refractivity contribution is 5.91. The second-order valence-electron chi connectivity index (χ2n) is 9.09. The SMILES string of the molecule is CCCN1c2cc(C)c(C=Nc3cc(C(=O)OC)ccc3C)cc2C(C)CC1(C)C. The number of rotatable bonds is 5. The number of methoxy groups -OCH3 is 1. The molecule has 0 saturated carbocycles. The van der Waals surface area contributed by atoms with Crippen LogP contribution in [0.5, 0.6) is 0 Å². The van der Waals surface area contributed by atoms with Gasteiger partial charge in [0.25, 0.3) is 0 Å². The summed E-state index contributed by atoms with van der Waals surface area (Å²) in [5.74, 6) is 0.157. The number of fused-ring (bicyclic) bond motifs is 1. The number of carbonyl (C=O) groups is 1. The predicted octanol–water partition coefficient (Wildman–Crippen LogP) is 6.34. The fourth-order valence-corrected chi connectivity index (χ4v) is 4.57. The topological polar surface area (TPSA) is 41.9 Å². The van der Waals surface area contributed by atoms with Crippen LogP contribution in [0, 0.1) is 13.8 Å². The van der Waals surface area contributed by atoms with Gasteiger partial charge in [0.05, 0.1) is 18.4 Å². The first kappa shape index (κ1) is 22.1. The lowest BCUT2D eigenvalue weighted by molar-refractivity contribution is 0.0601. The van der Waals surface area contributed by atoms with Crippen LogP contribution in [0.3, 0.4) is 0 Å². The summed E-state index contributed by atoms with van der Waals surface area (Å²) in [6.45, 7) is 14.5. The van der Waals surface area contributed by atoms with Gasteiger partial charge in [-0.05, 0) is 93.0 Å². The molecule has 1 unspecified atom stereocenters. The zero-order valence-corrected chi connectivity index (χ0v) is 19.4. The van der Waals surface area contributed by atoms with E-state index >= 15 is 0 Å². The molecule has 0 aliphatic carbocycles. The summed E-state index contributed by atoms with van der Waals surface area (Å²) in [5, 5.41) is 0. The lowest BCUT2D eigenvalue weighted by Crippen LogP contribution is -2.48. The van der Waals surface area contributed by atoms with Gasteiger partial charge < -0.3 is 9.64 Å². The van der Waals surface area contributed by atoms with Crippen molar-refractivity contribution in [2.24, 2.45) is 4.99 Å². The predicted molar refractivity (Wildman–Crippen MR) is 126 cm³/mol. The quantitative estimate of drug-likeness (QED) is 0.429. The van der Waals surface area contributed by atoms with Crippen LogP contribution in [0.2, 0.25) is 0 Å². The van der Waals surface area contributed by atoms with E-state index in [9.17, 15) is 4.79 Å². The number of aliphatic imine (C=N–C) groups is 1. The summed E-state index contributed by atoms with van der Waals surface area (Å²) < 4.78 is 4.84. The fourth-order valence-electron chi connectivity index (χ4n) is 4.57. The van der Waals surface area contributed by atoms with Crippen LogP contribution in [-0.2, 0) is 4.74 Å². The van der Waals surface area contributed by atoms with Crippen LogP contribution in [0.4, 0.5) is 11.4 Å². The summed E-state index contributed by atoms with van der Waals surface area (Å²) in [5.41, 5.74) is 7.59. The molecule has 1 heterocycles. The first-order valence-corrected chi connectivity index (χ1v) is 10.8. The Morgan fingerprint density at radius 2 is 1.97 bits per heavy atom. The normalized spacial score (nSPS) is 17.8. The molecule has 2 aromatic rings. The summed E-state index contributed by atoms with van der Waals surface area (Å²) in [4.78, 5) is 19.2. The van der Waals surface area contributed by atoms with Crippen molar-refractivity contribution in [3.63, 3.8) is 0 Å². The number of hydrogen-bond donors (Lipinski definition) is 0. The van der Waals surface area contributed by atoms with Crippen LogP contribution >= 0.6 is 0 Å². The Labute approximate surface area is 181 Å². The van der Waals surface area contributed by atoms with E-state index in [0.29, 0.717) is 11.5 Å². The maximum Gasteiger partial charge on any atom is 0.337 e. The summed E-state index contributed by atoms with van der Waals surface area (Å²) >= 11 is 0. The third-order valence-corrected chi connectivity index (χ3v) is 6.19. The van der Waals surface area contributed by atoms with Gasteiger partial charge in [-0.3, -0.25) is 4.99 Å². The Balaban J connectivity index is 2.00. The minimum Gasteiger partial charge on any atom is -0.465 e. The minimum absolute atomic E-state index is 0.163. The third-order valence-electron chi connectivity index (χ3n) is 6.19. The molecular weight excluding hydrogens is 372 g/mol. The van der Waals surface area contributed by atoms with Crippen LogP contribution in [0.25, 0.3) is 0 Å². The number of ether oxygens (including phenoxy) is 1. The molecule has 1 aliphatic rings. The van der Waals surface area contributed by atoms with E-state index in [1.54, 1.807) is 12.1 Å². The van der Waals surface area contributed by atoms with Crippen molar-refractivity contribution in [1.29, 1.82) is 0 Å². The molecular formula is C26H34N2O2. The molecule has 1 atom stereocenters. The third kappa shape index (κ3) is 4.28. The first-order valence-electron chi connectivity index (χ1n) is 10.8.